The van der Waals surface area contributed by atoms with E-state index in [2.05, 4.69) is 21.2 Å². The zero-order chi connectivity index (χ0) is 15.1. The lowest BCUT2D eigenvalue weighted by molar-refractivity contribution is -0.385. The highest BCUT2D eigenvalue weighted by atomic mass is 79.9. The molecule has 0 spiro atoms. The summed E-state index contributed by atoms with van der Waals surface area (Å²) in [5.74, 6) is -0.342. The Kier molecular flexibility index (Phi) is 6.60. The van der Waals surface area contributed by atoms with Gasteiger partial charge < -0.3 is 10.1 Å². The van der Waals surface area contributed by atoms with Crippen LogP contribution in [0.5, 0.6) is 0 Å². The predicted octanol–water partition coefficient (Wildman–Crippen LogP) is 2.90. The normalized spacial score (nSPS) is 10.6. The number of nitrogens with zero attached hydrogens (tertiary/aromatic N) is 1. The molecule has 0 heterocycles. The van der Waals surface area contributed by atoms with Gasteiger partial charge in [0, 0.05) is 19.2 Å². The molecule has 0 aromatic heterocycles. The lowest BCUT2D eigenvalue weighted by atomic mass is 10.2. The maximum atomic E-state index is 11.9. The number of hydrogen-bond donors (Lipinski definition) is 1. The van der Waals surface area contributed by atoms with Gasteiger partial charge in [-0.2, -0.15) is 0 Å². The van der Waals surface area contributed by atoms with Crippen LogP contribution < -0.4 is 5.32 Å². The van der Waals surface area contributed by atoms with Crippen molar-refractivity contribution in [1.82, 2.24) is 5.32 Å². The molecule has 110 valence electrons. The molecule has 1 aromatic rings. The minimum atomic E-state index is -0.530. The molecule has 7 heteroatoms. The number of rotatable bonds is 7. The highest BCUT2D eigenvalue weighted by Gasteiger charge is 2.18. The summed E-state index contributed by atoms with van der Waals surface area (Å²) >= 11 is 3.10. The van der Waals surface area contributed by atoms with Gasteiger partial charge in [0.1, 0.15) is 4.47 Å². The smallest absolute Gasteiger partial charge is 0.284 e. The first-order chi connectivity index (χ1) is 9.43. The van der Waals surface area contributed by atoms with Crippen LogP contribution in [0, 0.1) is 10.1 Å². The van der Waals surface area contributed by atoms with E-state index in [-0.39, 0.29) is 27.7 Å². The van der Waals surface area contributed by atoms with Crippen molar-refractivity contribution in [2.75, 3.05) is 13.2 Å². The number of carbonyl (C=O) groups is 1. The third-order valence-electron chi connectivity index (χ3n) is 2.48. The van der Waals surface area contributed by atoms with Gasteiger partial charge in [-0.15, -0.1) is 0 Å². The summed E-state index contributed by atoms with van der Waals surface area (Å²) in [5.41, 5.74) is 0.129. The molecule has 0 aliphatic rings. The van der Waals surface area contributed by atoms with Crippen molar-refractivity contribution < 1.29 is 14.5 Å². The Hall–Kier alpha value is -1.47. The maximum Gasteiger partial charge on any atom is 0.284 e. The molecule has 0 unspecified atom stereocenters. The van der Waals surface area contributed by atoms with Crippen molar-refractivity contribution in [3.8, 4) is 0 Å². The number of nitro benzene ring substituents is 1. The average molecular weight is 345 g/mol. The number of ether oxygens (including phenoxy) is 1. The highest BCUT2D eigenvalue weighted by Crippen LogP contribution is 2.28. The Morgan fingerprint density at radius 3 is 2.80 bits per heavy atom. The second-order valence-corrected chi connectivity index (χ2v) is 5.22. The molecule has 6 nitrogen and oxygen atoms in total. The first-order valence-electron chi connectivity index (χ1n) is 6.26. The molecule has 1 N–H and O–H groups in total. The average Bonchev–Trinajstić information content (AvgIpc) is 2.37. The Labute approximate surface area is 125 Å². The summed E-state index contributed by atoms with van der Waals surface area (Å²) in [4.78, 5) is 22.2. The first-order valence-corrected chi connectivity index (χ1v) is 7.05. The molecule has 0 bridgehead atoms. The fourth-order valence-corrected chi connectivity index (χ4v) is 2.11. The molecule has 1 rings (SSSR count). The van der Waals surface area contributed by atoms with Gasteiger partial charge in [-0.25, -0.2) is 0 Å². The molecule has 0 fully saturated rings. The second-order valence-electron chi connectivity index (χ2n) is 4.42. The number of amides is 1. The van der Waals surface area contributed by atoms with Gasteiger partial charge in [0.25, 0.3) is 11.6 Å². The SMILES string of the molecule is CC(C)OCCCNC(=O)c1cccc([N+](=O)[O-])c1Br. The van der Waals surface area contributed by atoms with Crippen LogP contribution in [-0.4, -0.2) is 30.1 Å². The lowest BCUT2D eigenvalue weighted by Crippen LogP contribution is -2.26. The van der Waals surface area contributed by atoms with Gasteiger partial charge in [0.2, 0.25) is 0 Å². The molecule has 0 aliphatic carbocycles. The number of nitro groups is 1. The molecule has 0 radical (unpaired) electrons. The van der Waals surface area contributed by atoms with Crippen LogP contribution in [0.2, 0.25) is 0 Å². The fraction of sp³-hybridized carbons (Fsp3) is 0.462. The van der Waals surface area contributed by atoms with Crippen molar-refractivity contribution in [3.05, 3.63) is 38.3 Å². The molecular formula is C13H17BrN2O4. The zero-order valence-electron chi connectivity index (χ0n) is 11.4. The van der Waals surface area contributed by atoms with Gasteiger partial charge in [-0.05, 0) is 42.3 Å². The van der Waals surface area contributed by atoms with Crippen LogP contribution in [0.25, 0.3) is 0 Å². The van der Waals surface area contributed by atoms with E-state index in [1.807, 2.05) is 13.8 Å². The van der Waals surface area contributed by atoms with Crippen LogP contribution in [0.1, 0.15) is 30.6 Å². The molecule has 20 heavy (non-hydrogen) atoms. The maximum absolute atomic E-state index is 11.9. The third-order valence-corrected chi connectivity index (χ3v) is 3.31. The Balaban J connectivity index is 2.56. The fourth-order valence-electron chi connectivity index (χ4n) is 1.52. The predicted molar refractivity (Wildman–Crippen MR) is 78.8 cm³/mol. The molecule has 0 saturated heterocycles. The molecule has 1 amide bonds. The van der Waals surface area contributed by atoms with E-state index in [0.29, 0.717) is 19.6 Å². The van der Waals surface area contributed by atoms with Crippen molar-refractivity contribution in [3.63, 3.8) is 0 Å². The van der Waals surface area contributed by atoms with Crippen LogP contribution in [-0.2, 0) is 4.74 Å². The number of hydrogen-bond acceptors (Lipinski definition) is 4. The topological polar surface area (TPSA) is 81.5 Å². The standard InChI is InChI=1S/C13H17BrN2O4/c1-9(2)20-8-4-7-15-13(17)10-5-3-6-11(12(10)14)16(18)19/h3,5-6,9H,4,7-8H2,1-2H3,(H,15,17). The number of nitrogens with one attached hydrogen (secondary N) is 1. The van der Waals surface area contributed by atoms with E-state index >= 15 is 0 Å². The molecule has 0 saturated carbocycles. The van der Waals surface area contributed by atoms with Crippen LogP contribution >= 0.6 is 15.9 Å². The third kappa shape index (κ3) is 4.90. The number of halogens is 1. The van der Waals surface area contributed by atoms with Crippen molar-refractivity contribution in [2.45, 2.75) is 26.4 Å². The van der Waals surface area contributed by atoms with E-state index < -0.39 is 4.92 Å². The quantitative estimate of drug-likeness (QED) is 0.468. The summed E-state index contributed by atoms with van der Waals surface area (Å²) in [5, 5.41) is 13.5. The lowest BCUT2D eigenvalue weighted by Gasteiger charge is -2.09. The Morgan fingerprint density at radius 2 is 2.20 bits per heavy atom. The van der Waals surface area contributed by atoms with Gasteiger partial charge in [-0.1, -0.05) is 6.07 Å². The van der Waals surface area contributed by atoms with Gasteiger partial charge in [0.15, 0.2) is 0 Å². The van der Waals surface area contributed by atoms with Gasteiger partial charge in [0.05, 0.1) is 16.6 Å². The van der Waals surface area contributed by atoms with Gasteiger partial charge >= 0.3 is 0 Å². The summed E-state index contributed by atoms with van der Waals surface area (Å²) in [6, 6.07) is 4.37. The number of carbonyl (C=O) groups excluding carboxylic acids is 1. The van der Waals surface area contributed by atoms with E-state index in [1.165, 1.54) is 18.2 Å². The van der Waals surface area contributed by atoms with Crippen molar-refractivity contribution >= 4 is 27.5 Å². The molecule has 0 atom stereocenters. The van der Waals surface area contributed by atoms with Crippen molar-refractivity contribution in [1.29, 1.82) is 0 Å². The summed E-state index contributed by atoms with van der Waals surface area (Å²) < 4.78 is 5.55. The van der Waals surface area contributed by atoms with E-state index in [9.17, 15) is 14.9 Å². The second kappa shape index (κ2) is 7.96. The van der Waals surface area contributed by atoms with Crippen LogP contribution in [0.4, 0.5) is 5.69 Å². The molecule has 1 aromatic carbocycles. The van der Waals surface area contributed by atoms with Crippen LogP contribution in [0.3, 0.4) is 0 Å². The molecular weight excluding hydrogens is 328 g/mol. The highest BCUT2D eigenvalue weighted by molar-refractivity contribution is 9.10. The van der Waals surface area contributed by atoms with Crippen molar-refractivity contribution in [2.24, 2.45) is 0 Å². The van der Waals surface area contributed by atoms with E-state index in [1.54, 1.807) is 0 Å². The summed E-state index contributed by atoms with van der Waals surface area (Å²) in [7, 11) is 0. The first kappa shape index (κ1) is 16.6. The minimum Gasteiger partial charge on any atom is -0.379 e. The molecule has 0 aliphatic heterocycles. The van der Waals surface area contributed by atoms with Gasteiger partial charge in [-0.3, -0.25) is 14.9 Å². The minimum absolute atomic E-state index is 0.124. The Morgan fingerprint density at radius 1 is 1.50 bits per heavy atom. The monoisotopic (exact) mass is 344 g/mol. The van der Waals surface area contributed by atoms with Crippen LogP contribution in [0.15, 0.2) is 22.7 Å². The number of benzene rings is 1. The van der Waals surface area contributed by atoms with E-state index in [4.69, 9.17) is 4.74 Å². The largest absolute Gasteiger partial charge is 0.379 e. The summed E-state index contributed by atoms with van der Waals surface area (Å²) in [6.45, 7) is 4.91. The Bertz CT molecular complexity index is 491. The zero-order valence-corrected chi connectivity index (χ0v) is 13.0. The summed E-state index contributed by atoms with van der Waals surface area (Å²) in [6.07, 6.45) is 0.854. The van der Waals surface area contributed by atoms with E-state index in [0.717, 1.165) is 0 Å².